The lowest BCUT2D eigenvalue weighted by Gasteiger charge is -2.31. The first-order valence-corrected chi connectivity index (χ1v) is 6.35. The molecule has 0 saturated carbocycles. The van der Waals surface area contributed by atoms with Crippen molar-refractivity contribution in [1.82, 2.24) is 9.88 Å². The van der Waals surface area contributed by atoms with Crippen LogP contribution in [0.2, 0.25) is 0 Å². The Balaban J connectivity index is 1.91. The van der Waals surface area contributed by atoms with E-state index in [1.54, 1.807) is 0 Å². The molecule has 1 aliphatic rings. The quantitative estimate of drug-likeness (QED) is 0.806. The molecule has 0 radical (unpaired) electrons. The van der Waals surface area contributed by atoms with Gasteiger partial charge in [-0.05, 0) is 25.2 Å². The zero-order valence-corrected chi connectivity index (χ0v) is 10.9. The lowest BCUT2D eigenvalue weighted by Crippen LogP contribution is -2.44. The number of oxazole rings is 1. The zero-order valence-electron chi connectivity index (χ0n) is 10.9. The van der Waals surface area contributed by atoms with Crippen LogP contribution in [0.25, 0.3) is 11.1 Å². The molecule has 0 atom stereocenters. The van der Waals surface area contributed by atoms with Crippen LogP contribution in [-0.2, 0) is 6.18 Å². The van der Waals surface area contributed by atoms with Crippen LogP contribution in [0.1, 0.15) is 5.56 Å². The minimum atomic E-state index is -4.36. The summed E-state index contributed by atoms with van der Waals surface area (Å²) < 4.78 is 43.5. The topological polar surface area (TPSA) is 32.5 Å². The number of alkyl halides is 3. The van der Waals surface area contributed by atoms with Gasteiger partial charge in [0.15, 0.2) is 5.58 Å². The smallest absolute Gasteiger partial charge is 0.416 e. The van der Waals surface area contributed by atoms with Crippen LogP contribution in [-0.4, -0.2) is 43.1 Å². The second-order valence-electron chi connectivity index (χ2n) is 4.97. The second-order valence-corrected chi connectivity index (χ2v) is 4.97. The van der Waals surface area contributed by atoms with E-state index in [-0.39, 0.29) is 5.52 Å². The normalized spacial score (nSPS) is 17.9. The van der Waals surface area contributed by atoms with Gasteiger partial charge in [-0.2, -0.15) is 18.2 Å². The van der Waals surface area contributed by atoms with Gasteiger partial charge in [0, 0.05) is 26.2 Å². The summed E-state index contributed by atoms with van der Waals surface area (Å²) in [5.41, 5.74) is -0.0797. The van der Waals surface area contributed by atoms with Crippen molar-refractivity contribution in [2.24, 2.45) is 0 Å². The van der Waals surface area contributed by atoms with Crippen molar-refractivity contribution in [3.63, 3.8) is 0 Å². The Morgan fingerprint density at radius 3 is 2.50 bits per heavy atom. The molecule has 4 nitrogen and oxygen atoms in total. The van der Waals surface area contributed by atoms with Gasteiger partial charge in [0.1, 0.15) is 5.52 Å². The highest BCUT2D eigenvalue weighted by Crippen LogP contribution is 2.32. The molecular weight excluding hydrogens is 271 g/mol. The molecule has 1 aliphatic heterocycles. The summed E-state index contributed by atoms with van der Waals surface area (Å²) in [5.74, 6) is 0. The van der Waals surface area contributed by atoms with E-state index in [9.17, 15) is 13.2 Å². The summed E-state index contributed by atoms with van der Waals surface area (Å²) in [7, 11) is 2.03. The second kappa shape index (κ2) is 4.66. The van der Waals surface area contributed by atoms with Crippen molar-refractivity contribution >= 4 is 17.1 Å². The van der Waals surface area contributed by atoms with E-state index in [4.69, 9.17) is 4.42 Å². The third kappa shape index (κ3) is 2.45. The van der Waals surface area contributed by atoms with Crippen molar-refractivity contribution in [3.8, 4) is 0 Å². The number of fused-ring (bicyclic) bond motifs is 1. The lowest BCUT2D eigenvalue weighted by molar-refractivity contribution is -0.137. The number of halogens is 3. The minimum absolute atomic E-state index is 0.244. The van der Waals surface area contributed by atoms with Gasteiger partial charge in [0.2, 0.25) is 0 Å². The molecule has 0 bridgehead atoms. The molecule has 7 heteroatoms. The first-order valence-electron chi connectivity index (χ1n) is 6.35. The number of piperazine rings is 1. The summed E-state index contributed by atoms with van der Waals surface area (Å²) in [6.45, 7) is 3.28. The standard InChI is InChI=1S/C13H14F3N3O/c1-18-4-6-19(7-5-18)12-17-10-8-9(13(14,15)16)2-3-11(10)20-12/h2-3,8H,4-7H2,1H3. The fourth-order valence-corrected chi connectivity index (χ4v) is 2.22. The third-order valence-electron chi connectivity index (χ3n) is 3.48. The molecule has 3 rings (SSSR count). The fourth-order valence-electron chi connectivity index (χ4n) is 2.22. The first kappa shape index (κ1) is 13.2. The number of likely N-dealkylation sites (N-methyl/N-ethyl adjacent to an activating group) is 1. The fraction of sp³-hybridized carbons (Fsp3) is 0.462. The van der Waals surface area contributed by atoms with Crippen molar-refractivity contribution in [2.45, 2.75) is 6.18 Å². The number of hydrogen-bond donors (Lipinski definition) is 0. The molecule has 1 aromatic heterocycles. The molecule has 1 aromatic carbocycles. The van der Waals surface area contributed by atoms with Gasteiger partial charge in [-0.3, -0.25) is 0 Å². The zero-order chi connectivity index (χ0) is 14.3. The summed E-state index contributed by atoms with van der Waals surface area (Å²) >= 11 is 0. The number of rotatable bonds is 1. The van der Waals surface area contributed by atoms with E-state index in [0.717, 1.165) is 38.3 Å². The van der Waals surface area contributed by atoms with Crippen molar-refractivity contribution in [1.29, 1.82) is 0 Å². The van der Waals surface area contributed by atoms with Gasteiger partial charge < -0.3 is 14.2 Å². The van der Waals surface area contributed by atoms with Gasteiger partial charge in [0.05, 0.1) is 5.56 Å². The third-order valence-corrected chi connectivity index (χ3v) is 3.48. The highest BCUT2D eigenvalue weighted by atomic mass is 19.4. The van der Waals surface area contributed by atoms with Gasteiger partial charge in [-0.15, -0.1) is 0 Å². The Labute approximate surface area is 113 Å². The monoisotopic (exact) mass is 285 g/mol. The molecule has 0 spiro atoms. The van der Waals surface area contributed by atoms with E-state index < -0.39 is 11.7 Å². The van der Waals surface area contributed by atoms with Gasteiger partial charge >= 0.3 is 6.18 Å². The van der Waals surface area contributed by atoms with Gasteiger partial charge in [-0.1, -0.05) is 0 Å². The molecule has 108 valence electrons. The number of anilines is 1. The van der Waals surface area contributed by atoms with Crippen molar-refractivity contribution in [3.05, 3.63) is 23.8 Å². The summed E-state index contributed by atoms with van der Waals surface area (Å²) in [4.78, 5) is 8.31. The maximum absolute atomic E-state index is 12.6. The molecule has 0 amide bonds. The number of hydrogen-bond acceptors (Lipinski definition) is 4. The Morgan fingerprint density at radius 1 is 1.15 bits per heavy atom. The van der Waals surface area contributed by atoms with Gasteiger partial charge in [0.25, 0.3) is 6.01 Å². The van der Waals surface area contributed by atoms with Crippen LogP contribution in [0.4, 0.5) is 19.2 Å². The molecule has 1 saturated heterocycles. The maximum Gasteiger partial charge on any atom is 0.416 e. The molecule has 0 N–H and O–H groups in total. The SMILES string of the molecule is CN1CCN(c2nc3cc(C(F)(F)F)ccc3o2)CC1. The Hall–Kier alpha value is -1.76. The van der Waals surface area contributed by atoms with Crippen LogP contribution in [0, 0.1) is 0 Å². The summed E-state index contributed by atoms with van der Waals surface area (Å²) in [6, 6.07) is 3.76. The predicted molar refractivity (Wildman–Crippen MR) is 68.7 cm³/mol. The lowest BCUT2D eigenvalue weighted by atomic mass is 10.2. The maximum atomic E-state index is 12.6. The molecule has 20 heavy (non-hydrogen) atoms. The summed E-state index contributed by atoms with van der Waals surface area (Å²) in [5, 5.41) is 0. The molecule has 2 heterocycles. The Morgan fingerprint density at radius 2 is 1.85 bits per heavy atom. The summed E-state index contributed by atoms with van der Waals surface area (Å²) in [6.07, 6.45) is -4.36. The molecule has 0 aliphatic carbocycles. The van der Waals surface area contributed by atoms with E-state index >= 15 is 0 Å². The average Bonchev–Trinajstić information content (AvgIpc) is 2.81. The highest BCUT2D eigenvalue weighted by molar-refractivity contribution is 5.75. The van der Waals surface area contributed by atoms with E-state index in [1.807, 2.05) is 11.9 Å². The van der Waals surface area contributed by atoms with E-state index in [2.05, 4.69) is 9.88 Å². The number of nitrogens with zero attached hydrogens (tertiary/aromatic N) is 3. The first-order chi connectivity index (χ1) is 9.43. The van der Waals surface area contributed by atoms with Crippen molar-refractivity contribution in [2.75, 3.05) is 38.1 Å². The number of aromatic nitrogens is 1. The van der Waals surface area contributed by atoms with Crippen LogP contribution in [0.5, 0.6) is 0 Å². The van der Waals surface area contributed by atoms with Gasteiger partial charge in [-0.25, -0.2) is 0 Å². The predicted octanol–water partition coefficient (Wildman–Crippen LogP) is 2.60. The largest absolute Gasteiger partial charge is 0.423 e. The minimum Gasteiger partial charge on any atom is -0.423 e. The molecule has 2 aromatic rings. The van der Waals surface area contributed by atoms with Crippen molar-refractivity contribution < 1.29 is 17.6 Å². The van der Waals surface area contributed by atoms with Crippen LogP contribution in [0.15, 0.2) is 22.6 Å². The average molecular weight is 285 g/mol. The Bertz CT molecular complexity index is 615. The molecular formula is C13H14F3N3O. The van der Waals surface area contributed by atoms with E-state index in [0.29, 0.717) is 11.6 Å². The highest BCUT2D eigenvalue weighted by Gasteiger charge is 2.31. The van der Waals surface area contributed by atoms with Crippen LogP contribution in [0.3, 0.4) is 0 Å². The van der Waals surface area contributed by atoms with E-state index in [1.165, 1.54) is 6.07 Å². The number of benzene rings is 1. The molecule has 0 unspecified atom stereocenters. The Kier molecular flexibility index (Phi) is 3.08. The van der Waals surface area contributed by atoms with Crippen LogP contribution >= 0.6 is 0 Å². The molecule has 1 fully saturated rings. The van der Waals surface area contributed by atoms with Crippen LogP contribution < -0.4 is 4.90 Å².